The van der Waals surface area contributed by atoms with E-state index in [0.29, 0.717) is 6.04 Å². The Labute approximate surface area is 102 Å². The van der Waals surface area contributed by atoms with Crippen LogP contribution in [0.3, 0.4) is 0 Å². The van der Waals surface area contributed by atoms with Crippen LogP contribution in [0.5, 0.6) is 0 Å². The van der Waals surface area contributed by atoms with E-state index in [1.807, 2.05) is 0 Å². The maximum absolute atomic E-state index is 11.0. The van der Waals surface area contributed by atoms with Crippen molar-refractivity contribution >= 4 is 5.97 Å². The molecule has 0 spiro atoms. The number of likely N-dealkylation sites (tertiary alicyclic amines) is 1. The molecule has 2 atom stereocenters. The topological polar surface area (TPSA) is 59.0 Å². The average Bonchev–Trinajstić information content (AvgIpc) is 2.29. The highest BCUT2D eigenvalue weighted by atomic mass is 16.7. The zero-order valence-corrected chi connectivity index (χ0v) is 10.5. The second kappa shape index (κ2) is 4.92. The lowest BCUT2D eigenvalue weighted by atomic mass is 9.83. The van der Waals surface area contributed by atoms with Crippen LogP contribution in [0.15, 0.2) is 0 Å². The average molecular weight is 243 g/mol. The maximum atomic E-state index is 11.0. The molecule has 1 N–H and O–H groups in total. The smallest absolute Gasteiger partial charge is 0.306 e. The molecule has 2 unspecified atom stereocenters. The molecule has 0 aromatic rings. The molecule has 1 aliphatic heterocycles. The Morgan fingerprint density at radius 1 is 1.29 bits per heavy atom. The summed E-state index contributed by atoms with van der Waals surface area (Å²) >= 11 is 0. The minimum atomic E-state index is -0.653. The van der Waals surface area contributed by atoms with Crippen molar-refractivity contribution in [2.75, 3.05) is 27.3 Å². The number of carbonyl (C=O) groups is 1. The van der Waals surface area contributed by atoms with Crippen LogP contribution in [0.2, 0.25) is 0 Å². The Hall–Kier alpha value is -0.650. The normalized spacial score (nSPS) is 33.1. The van der Waals surface area contributed by atoms with Crippen LogP contribution in [-0.2, 0) is 14.3 Å². The summed E-state index contributed by atoms with van der Waals surface area (Å²) in [6, 6.07) is 0.378. The van der Waals surface area contributed by atoms with E-state index >= 15 is 0 Å². The first kappa shape index (κ1) is 12.8. The van der Waals surface area contributed by atoms with E-state index in [2.05, 4.69) is 4.90 Å². The third kappa shape index (κ3) is 2.46. The van der Waals surface area contributed by atoms with Crippen LogP contribution in [0.4, 0.5) is 0 Å². The Bertz CT molecular complexity index is 282. The summed E-state index contributed by atoms with van der Waals surface area (Å²) in [6.07, 6.45) is 3.68. The van der Waals surface area contributed by atoms with Crippen LogP contribution in [0.25, 0.3) is 0 Å². The molecule has 0 aromatic heterocycles. The molecule has 5 nitrogen and oxygen atoms in total. The fourth-order valence-electron chi connectivity index (χ4n) is 2.89. The fourth-order valence-corrected chi connectivity index (χ4v) is 2.89. The lowest BCUT2D eigenvalue weighted by Crippen LogP contribution is -2.67. The van der Waals surface area contributed by atoms with Crippen molar-refractivity contribution in [2.24, 2.45) is 5.92 Å². The van der Waals surface area contributed by atoms with E-state index < -0.39 is 11.8 Å². The predicted octanol–water partition coefficient (Wildman–Crippen LogP) is 0.934. The predicted molar refractivity (Wildman–Crippen MR) is 61.7 cm³/mol. The van der Waals surface area contributed by atoms with Crippen molar-refractivity contribution in [1.29, 1.82) is 0 Å². The van der Waals surface area contributed by atoms with Crippen LogP contribution < -0.4 is 0 Å². The Morgan fingerprint density at radius 3 is 2.47 bits per heavy atom. The van der Waals surface area contributed by atoms with Crippen molar-refractivity contribution in [1.82, 2.24) is 4.90 Å². The molecule has 0 amide bonds. The molecule has 2 rings (SSSR count). The van der Waals surface area contributed by atoms with Gasteiger partial charge in [-0.05, 0) is 19.3 Å². The molecule has 98 valence electrons. The molecule has 2 fully saturated rings. The molecule has 17 heavy (non-hydrogen) atoms. The number of aliphatic carboxylic acids is 1. The monoisotopic (exact) mass is 243 g/mol. The van der Waals surface area contributed by atoms with Crippen molar-refractivity contribution in [3.8, 4) is 0 Å². The van der Waals surface area contributed by atoms with Crippen LogP contribution in [0, 0.1) is 5.92 Å². The molecule has 2 aliphatic rings. The molecule has 0 radical (unpaired) electrons. The maximum Gasteiger partial charge on any atom is 0.306 e. The van der Waals surface area contributed by atoms with Crippen LogP contribution in [0.1, 0.15) is 25.7 Å². The van der Waals surface area contributed by atoms with E-state index in [1.54, 1.807) is 14.2 Å². The summed E-state index contributed by atoms with van der Waals surface area (Å²) in [7, 11) is 3.31. The van der Waals surface area contributed by atoms with E-state index in [-0.39, 0.29) is 5.92 Å². The van der Waals surface area contributed by atoms with Gasteiger partial charge >= 0.3 is 5.97 Å². The van der Waals surface area contributed by atoms with Crippen molar-refractivity contribution < 1.29 is 19.4 Å². The van der Waals surface area contributed by atoms with Gasteiger partial charge in [0.2, 0.25) is 0 Å². The number of methoxy groups -OCH3 is 2. The first-order valence-electron chi connectivity index (χ1n) is 6.17. The molecule has 1 saturated carbocycles. The summed E-state index contributed by atoms with van der Waals surface area (Å²) < 4.78 is 10.7. The lowest BCUT2D eigenvalue weighted by Gasteiger charge is -2.52. The second-order valence-electron chi connectivity index (χ2n) is 5.08. The number of carboxylic acids is 1. The van der Waals surface area contributed by atoms with E-state index in [1.165, 1.54) is 0 Å². The fraction of sp³-hybridized carbons (Fsp3) is 0.917. The lowest BCUT2D eigenvalue weighted by molar-refractivity contribution is -0.283. The van der Waals surface area contributed by atoms with Gasteiger partial charge in [-0.2, -0.15) is 0 Å². The highest BCUT2D eigenvalue weighted by Crippen LogP contribution is 2.34. The summed E-state index contributed by atoms with van der Waals surface area (Å²) in [6.45, 7) is 1.49. The van der Waals surface area contributed by atoms with Crippen LogP contribution >= 0.6 is 0 Å². The first-order valence-corrected chi connectivity index (χ1v) is 6.17. The Balaban J connectivity index is 1.86. The molecule has 1 aliphatic carbocycles. The third-order valence-corrected chi connectivity index (χ3v) is 4.14. The molecule has 5 heteroatoms. The molecule has 1 saturated heterocycles. The number of hydrogen-bond donors (Lipinski definition) is 1. The van der Waals surface area contributed by atoms with Crippen molar-refractivity contribution in [3.63, 3.8) is 0 Å². The van der Waals surface area contributed by atoms with Gasteiger partial charge in [0.1, 0.15) is 0 Å². The highest BCUT2D eigenvalue weighted by Gasteiger charge is 2.47. The van der Waals surface area contributed by atoms with Gasteiger partial charge in [-0.25, -0.2) is 0 Å². The summed E-state index contributed by atoms with van der Waals surface area (Å²) in [5, 5.41) is 9.06. The highest BCUT2D eigenvalue weighted by molar-refractivity contribution is 5.70. The van der Waals surface area contributed by atoms with Gasteiger partial charge in [0.15, 0.2) is 5.79 Å². The molecular weight excluding hydrogens is 222 g/mol. The van der Waals surface area contributed by atoms with Gasteiger partial charge < -0.3 is 14.6 Å². The van der Waals surface area contributed by atoms with E-state index in [4.69, 9.17) is 14.6 Å². The van der Waals surface area contributed by atoms with E-state index in [0.717, 1.165) is 38.8 Å². The zero-order chi connectivity index (χ0) is 12.5. The first-order chi connectivity index (χ1) is 8.10. The zero-order valence-electron chi connectivity index (χ0n) is 10.5. The van der Waals surface area contributed by atoms with Crippen molar-refractivity contribution in [2.45, 2.75) is 37.5 Å². The van der Waals surface area contributed by atoms with Gasteiger partial charge in [-0.15, -0.1) is 0 Å². The van der Waals surface area contributed by atoms with Gasteiger partial charge in [0.25, 0.3) is 0 Å². The third-order valence-electron chi connectivity index (χ3n) is 4.14. The quantitative estimate of drug-likeness (QED) is 0.744. The largest absolute Gasteiger partial charge is 0.481 e. The van der Waals surface area contributed by atoms with E-state index in [9.17, 15) is 4.79 Å². The minimum Gasteiger partial charge on any atom is -0.481 e. The van der Waals surface area contributed by atoms with Crippen molar-refractivity contribution in [3.05, 3.63) is 0 Å². The minimum absolute atomic E-state index is 0.172. The Morgan fingerprint density at radius 2 is 1.94 bits per heavy atom. The number of carboxylic acid groups (broad SMARTS) is 1. The van der Waals surface area contributed by atoms with Gasteiger partial charge in [0, 0.05) is 20.3 Å². The summed E-state index contributed by atoms with van der Waals surface area (Å²) in [5.41, 5.74) is 0. The number of ether oxygens (including phenoxy) is 2. The van der Waals surface area contributed by atoms with Gasteiger partial charge in [0.05, 0.1) is 19.0 Å². The number of hydrogen-bond acceptors (Lipinski definition) is 4. The molecule has 0 aromatic carbocycles. The standard InChI is InChI=1S/C12H21NO4/c1-16-12(17-2)7-13(8-12)10-5-3-4-9(6-10)11(14)15/h9-10H,3-8H2,1-2H3,(H,14,15). The second-order valence-corrected chi connectivity index (χ2v) is 5.08. The molecule has 0 bridgehead atoms. The van der Waals surface area contributed by atoms with Crippen LogP contribution in [-0.4, -0.2) is 55.1 Å². The Kier molecular flexibility index (Phi) is 3.70. The summed E-state index contributed by atoms with van der Waals surface area (Å²) in [4.78, 5) is 13.3. The number of nitrogens with zero attached hydrogens (tertiary/aromatic N) is 1. The van der Waals surface area contributed by atoms with Gasteiger partial charge in [-0.1, -0.05) is 6.42 Å². The SMILES string of the molecule is COC1(OC)CN(C2CCCC(C(=O)O)C2)C1. The van der Waals surface area contributed by atoms with Gasteiger partial charge in [-0.3, -0.25) is 9.69 Å². The summed E-state index contributed by atoms with van der Waals surface area (Å²) in [5.74, 6) is -1.29. The number of rotatable bonds is 4. The molecular formula is C12H21NO4. The molecule has 1 heterocycles.